The van der Waals surface area contributed by atoms with Gasteiger partial charge in [0.15, 0.2) is 0 Å². The van der Waals surface area contributed by atoms with E-state index in [9.17, 15) is 14.4 Å². The Bertz CT molecular complexity index is 342. The van der Waals surface area contributed by atoms with Crippen LogP contribution in [-0.2, 0) is 19.1 Å². The summed E-state index contributed by atoms with van der Waals surface area (Å²) in [5.74, 6) is -1.40. The van der Waals surface area contributed by atoms with Gasteiger partial charge in [-0.15, -0.1) is 0 Å². The van der Waals surface area contributed by atoms with E-state index in [-0.39, 0.29) is 6.42 Å². The van der Waals surface area contributed by atoms with Crippen LogP contribution in [0.4, 0.5) is 0 Å². The van der Waals surface area contributed by atoms with Gasteiger partial charge in [0, 0.05) is 6.42 Å². The van der Waals surface area contributed by atoms with E-state index < -0.39 is 29.3 Å². The first-order valence-electron chi connectivity index (χ1n) is 6.59. The maximum absolute atomic E-state index is 11.6. The van der Waals surface area contributed by atoms with Crippen LogP contribution < -0.4 is 5.32 Å². The van der Waals surface area contributed by atoms with Crippen molar-refractivity contribution in [3.8, 4) is 0 Å². The number of nitrogens with one attached hydrogen (secondary N) is 1. The second-order valence-electron chi connectivity index (χ2n) is 6.08. The molecule has 0 radical (unpaired) electrons. The van der Waals surface area contributed by atoms with E-state index in [4.69, 9.17) is 4.74 Å². The molecule has 0 bridgehead atoms. The number of hydrogen-bond donors (Lipinski definition) is 1. The zero-order valence-electron chi connectivity index (χ0n) is 12.7. The monoisotopic (exact) mass is 271 g/mol. The van der Waals surface area contributed by atoms with Gasteiger partial charge in [0.25, 0.3) is 5.91 Å². The zero-order valence-corrected chi connectivity index (χ0v) is 12.7. The first-order valence-corrected chi connectivity index (χ1v) is 6.59. The van der Waals surface area contributed by atoms with Crippen molar-refractivity contribution in [1.82, 2.24) is 5.32 Å². The van der Waals surface area contributed by atoms with Crippen LogP contribution >= 0.6 is 0 Å². The van der Waals surface area contributed by atoms with Crippen LogP contribution in [0.2, 0.25) is 0 Å². The van der Waals surface area contributed by atoms with Gasteiger partial charge in [-0.25, -0.2) is 4.79 Å². The van der Waals surface area contributed by atoms with Crippen LogP contribution in [0.25, 0.3) is 0 Å². The summed E-state index contributed by atoms with van der Waals surface area (Å²) in [6.45, 7) is 10.7. The second-order valence-corrected chi connectivity index (χ2v) is 6.08. The molecule has 0 aliphatic carbocycles. The smallest absolute Gasteiger partial charge is 0.328 e. The highest BCUT2D eigenvalue weighted by atomic mass is 16.6. The van der Waals surface area contributed by atoms with Crippen LogP contribution in [0.5, 0.6) is 0 Å². The number of amides is 1. The molecule has 1 amide bonds. The fraction of sp³-hybridized carbons (Fsp3) is 0.786. The quantitative estimate of drug-likeness (QED) is 0.591. The predicted molar refractivity (Wildman–Crippen MR) is 72.5 cm³/mol. The Labute approximate surface area is 115 Å². The van der Waals surface area contributed by atoms with Crippen molar-refractivity contribution >= 4 is 17.7 Å². The Hall–Kier alpha value is -1.39. The Kier molecular flexibility index (Phi) is 6.73. The minimum absolute atomic E-state index is 0.199. The molecular formula is C14H25NO4. The van der Waals surface area contributed by atoms with Crippen LogP contribution in [0.1, 0.15) is 54.4 Å². The molecule has 19 heavy (non-hydrogen) atoms. The van der Waals surface area contributed by atoms with E-state index in [1.54, 1.807) is 20.8 Å². The van der Waals surface area contributed by atoms with Gasteiger partial charge >= 0.3 is 5.97 Å². The molecule has 0 aliphatic heterocycles. The van der Waals surface area contributed by atoms with E-state index in [2.05, 4.69) is 5.32 Å². The minimum atomic E-state index is -0.824. The van der Waals surface area contributed by atoms with Crippen molar-refractivity contribution in [3.63, 3.8) is 0 Å². The first-order chi connectivity index (χ1) is 8.53. The standard InChI is InChI=1S/C14H25NO4/c1-9(2)7-8-11(16)12(17)15-10(3)13(18)19-14(4,5)6/h9-10H,7-8H2,1-6H3,(H,15,17). The summed E-state index contributed by atoms with van der Waals surface area (Å²) >= 11 is 0. The van der Waals surface area contributed by atoms with Crippen molar-refractivity contribution in [2.45, 2.75) is 66.0 Å². The third kappa shape index (κ3) is 8.35. The number of esters is 1. The Morgan fingerprint density at radius 1 is 1.11 bits per heavy atom. The highest BCUT2D eigenvalue weighted by Gasteiger charge is 2.25. The Morgan fingerprint density at radius 2 is 1.63 bits per heavy atom. The summed E-state index contributed by atoms with van der Waals surface area (Å²) in [7, 11) is 0. The average Bonchev–Trinajstić information content (AvgIpc) is 2.23. The van der Waals surface area contributed by atoms with Gasteiger partial charge < -0.3 is 10.1 Å². The lowest BCUT2D eigenvalue weighted by Gasteiger charge is -2.22. The SMILES string of the molecule is CC(C)CCC(=O)C(=O)NC(C)C(=O)OC(C)(C)C. The summed E-state index contributed by atoms with van der Waals surface area (Å²) in [6.07, 6.45) is 0.859. The summed E-state index contributed by atoms with van der Waals surface area (Å²) in [5, 5.41) is 2.36. The molecule has 0 aliphatic rings. The summed E-state index contributed by atoms with van der Waals surface area (Å²) < 4.78 is 5.11. The van der Waals surface area contributed by atoms with Gasteiger partial charge in [-0.05, 0) is 40.0 Å². The second kappa shape index (κ2) is 7.26. The van der Waals surface area contributed by atoms with Crippen molar-refractivity contribution in [3.05, 3.63) is 0 Å². The highest BCUT2D eigenvalue weighted by Crippen LogP contribution is 2.08. The van der Waals surface area contributed by atoms with Crippen LogP contribution in [0, 0.1) is 5.92 Å². The molecular weight excluding hydrogens is 246 g/mol. The molecule has 1 atom stereocenters. The van der Waals surface area contributed by atoms with Gasteiger partial charge in [-0.3, -0.25) is 9.59 Å². The lowest BCUT2D eigenvalue weighted by molar-refractivity contribution is -0.158. The summed E-state index contributed by atoms with van der Waals surface area (Å²) in [4.78, 5) is 34.7. The molecule has 1 unspecified atom stereocenters. The van der Waals surface area contributed by atoms with Gasteiger partial charge in [0.2, 0.25) is 5.78 Å². The molecule has 5 heteroatoms. The molecule has 0 aromatic heterocycles. The third-order valence-corrected chi connectivity index (χ3v) is 2.31. The number of ketones is 1. The maximum atomic E-state index is 11.6. The molecule has 110 valence electrons. The number of ether oxygens (including phenoxy) is 1. The summed E-state index contributed by atoms with van der Waals surface area (Å²) in [6, 6.07) is -0.824. The lowest BCUT2D eigenvalue weighted by Crippen LogP contribution is -2.44. The molecule has 1 N–H and O–H groups in total. The molecule has 0 saturated carbocycles. The fourth-order valence-electron chi connectivity index (χ4n) is 1.26. The van der Waals surface area contributed by atoms with E-state index in [0.717, 1.165) is 0 Å². The Morgan fingerprint density at radius 3 is 2.05 bits per heavy atom. The molecule has 0 aromatic carbocycles. The zero-order chi connectivity index (χ0) is 15.2. The van der Waals surface area contributed by atoms with Gasteiger partial charge in [0.1, 0.15) is 11.6 Å². The number of Topliss-reactive ketones (excluding diaryl/α,β-unsaturated/α-hetero) is 1. The van der Waals surface area contributed by atoms with Crippen LogP contribution in [0.15, 0.2) is 0 Å². The Balaban J connectivity index is 4.25. The first kappa shape index (κ1) is 17.6. The van der Waals surface area contributed by atoms with Crippen molar-refractivity contribution in [1.29, 1.82) is 0 Å². The fourth-order valence-corrected chi connectivity index (χ4v) is 1.26. The molecule has 0 spiro atoms. The highest BCUT2D eigenvalue weighted by molar-refractivity contribution is 6.36. The van der Waals surface area contributed by atoms with Crippen molar-refractivity contribution in [2.24, 2.45) is 5.92 Å². The van der Waals surface area contributed by atoms with Gasteiger partial charge in [-0.1, -0.05) is 13.8 Å². The van der Waals surface area contributed by atoms with E-state index in [1.807, 2.05) is 13.8 Å². The van der Waals surface area contributed by atoms with Crippen LogP contribution in [0.3, 0.4) is 0 Å². The van der Waals surface area contributed by atoms with Crippen molar-refractivity contribution in [2.75, 3.05) is 0 Å². The molecule has 0 rings (SSSR count). The topological polar surface area (TPSA) is 72.5 Å². The average molecular weight is 271 g/mol. The van der Waals surface area contributed by atoms with E-state index in [1.165, 1.54) is 6.92 Å². The molecule has 0 saturated heterocycles. The number of carbonyl (C=O) groups excluding carboxylic acids is 3. The third-order valence-electron chi connectivity index (χ3n) is 2.31. The predicted octanol–water partition coefficient (Wildman–Crippen LogP) is 1.84. The van der Waals surface area contributed by atoms with Gasteiger partial charge in [-0.2, -0.15) is 0 Å². The summed E-state index contributed by atoms with van der Waals surface area (Å²) in [5.41, 5.74) is -0.613. The molecule has 0 aromatic rings. The maximum Gasteiger partial charge on any atom is 0.328 e. The molecule has 0 fully saturated rings. The largest absolute Gasteiger partial charge is 0.458 e. The van der Waals surface area contributed by atoms with Crippen LogP contribution in [-0.4, -0.2) is 29.3 Å². The number of rotatable bonds is 6. The van der Waals surface area contributed by atoms with Crippen molar-refractivity contribution < 1.29 is 19.1 Å². The van der Waals surface area contributed by atoms with Gasteiger partial charge in [0.05, 0.1) is 0 Å². The van der Waals surface area contributed by atoms with E-state index >= 15 is 0 Å². The van der Waals surface area contributed by atoms with E-state index in [0.29, 0.717) is 12.3 Å². The minimum Gasteiger partial charge on any atom is -0.458 e. The number of hydrogen-bond acceptors (Lipinski definition) is 4. The normalized spacial score (nSPS) is 13.0. The molecule has 5 nitrogen and oxygen atoms in total. The molecule has 0 heterocycles. The lowest BCUT2D eigenvalue weighted by atomic mass is 10.1. The number of carbonyl (C=O) groups is 3.